The summed E-state index contributed by atoms with van der Waals surface area (Å²) in [6, 6.07) is 1.78. The highest BCUT2D eigenvalue weighted by Crippen LogP contribution is 2.18. The van der Waals surface area contributed by atoms with E-state index in [-0.39, 0.29) is 5.91 Å². The Bertz CT molecular complexity index is 676. The number of carbonyl (C=O) groups is 1. The lowest BCUT2D eigenvalue weighted by Crippen LogP contribution is -2.15. The van der Waals surface area contributed by atoms with Gasteiger partial charge in [-0.25, -0.2) is 4.98 Å². The molecular formula is C13H15N5OS. The summed E-state index contributed by atoms with van der Waals surface area (Å²) in [5, 5.41) is 7.49. The second kappa shape index (κ2) is 6.32. The molecule has 104 valence electrons. The maximum absolute atomic E-state index is 12.1. The fourth-order valence-electron chi connectivity index (χ4n) is 1.60. The first-order chi connectivity index (χ1) is 9.63. The summed E-state index contributed by atoms with van der Waals surface area (Å²) in [4.78, 5) is 17.0. The van der Waals surface area contributed by atoms with E-state index in [2.05, 4.69) is 27.2 Å². The maximum Gasteiger partial charge on any atom is 0.275 e. The molecule has 0 saturated heterocycles. The van der Waals surface area contributed by atoms with E-state index in [9.17, 15) is 4.79 Å². The third-order valence-electron chi connectivity index (χ3n) is 2.57. The van der Waals surface area contributed by atoms with E-state index >= 15 is 0 Å². The van der Waals surface area contributed by atoms with Crippen molar-refractivity contribution in [1.82, 2.24) is 14.8 Å². The number of aromatic nitrogens is 3. The number of carbonyl (C=O) groups excluding carboxylic acids is 1. The van der Waals surface area contributed by atoms with Gasteiger partial charge in [0.2, 0.25) is 0 Å². The number of hydrogen-bond donors (Lipinski definition) is 2. The zero-order valence-corrected chi connectivity index (χ0v) is 12.1. The van der Waals surface area contributed by atoms with Crippen LogP contribution < -0.4 is 11.1 Å². The normalized spacial score (nSPS) is 9.95. The lowest BCUT2D eigenvalue weighted by Gasteiger charge is -2.00. The minimum atomic E-state index is -0.229. The number of anilines is 1. The lowest BCUT2D eigenvalue weighted by molar-refractivity contribution is 0.101. The highest BCUT2D eigenvalue weighted by Gasteiger charge is 2.14. The van der Waals surface area contributed by atoms with Crippen molar-refractivity contribution < 1.29 is 4.79 Å². The standard InChI is InChI=1S/C13H15N5OS/c1-3-9-7-11(18(2)17-9)12(19)16-13-15-8-10(20-13)5-4-6-14/h7-8H,3,6,14H2,1-2H3,(H,15,16,19). The van der Waals surface area contributed by atoms with E-state index < -0.39 is 0 Å². The zero-order valence-electron chi connectivity index (χ0n) is 11.3. The van der Waals surface area contributed by atoms with Gasteiger partial charge in [-0.15, -0.1) is 0 Å². The Hall–Kier alpha value is -2.17. The molecule has 3 N–H and O–H groups in total. The fraction of sp³-hybridized carbons (Fsp3) is 0.308. The van der Waals surface area contributed by atoms with Crippen LogP contribution in [0.15, 0.2) is 12.3 Å². The van der Waals surface area contributed by atoms with Gasteiger partial charge in [0.15, 0.2) is 5.13 Å². The Labute approximate surface area is 121 Å². The van der Waals surface area contributed by atoms with Gasteiger partial charge in [-0.1, -0.05) is 30.1 Å². The van der Waals surface area contributed by atoms with Crippen molar-refractivity contribution in [2.75, 3.05) is 11.9 Å². The second-order valence-corrected chi connectivity index (χ2v) is 5.02. The molecule has 20 heavy (non-hydrogen) atoms. The third-order valence-corrected chi connectivity index (χ3v) is 3.39. The molecule has 2 heterocycles. The van der Waals surface area contributed by atoms with Gasteiger partial charge in [0.1, 0.15) is 5.69 Å². The maximum atomic E-state index is 12.1. The summed E-state index contributed by atoms with van der Waals surface area (Å²) in [6.45, 7) is 2.29. The highest BCUT2D eigenvalue weighted by molar-refractivity contribution is 7.16. The molecule has 0 radical (unpaired) electrons. The summed E-state index contributed by atoms with van der Waals surface area (Å²) in [5.41, 5.74) is 6.69. The Morgan fingerprint density at radius 2 is 2.40 bits per heavy atom. The SMILES string of the molecule is CCc1cc(C(=O)Nc2ncc(C#CCN)s2)n(C)n1. The molecule has 0 saturated carbocycles. The molecule has 0 bridgehead atoms. The van der Waals surface area contributed by atoms with Crippen molar-refractivity contribution >= 4 is 22.4 Å². The predicted molar refractivity (Wildman–Crippen MR) is 78.6 cm³/mol. The summed E-state index contributed by atoms with van der Waals surface area (Å²) in [7, 11) is 1.74. The molecule has 0 aromatic carbocycles. The summed E-state index contributed by atoms with van der Waals surface area (Å²) < 4.78 is 1.57. The number of hydrogen-bond acceptors (Lipinski definition) is 5. The van der Waals surface area contributed by atoms with Crippen LogP contribution in [0.25, 0.3) is 0 Å². The van der Waals surface area contributed by atoms with Crippen molar-refractivity contribution in [3.63, 3.8) is 0 Å². The van der Waals surface area contributed by atoms with E-state index in [1.807, 2.05) is 6.92 Å². The van der Waals surface area contributed by atoms with Crippen LogP contribution in [0.3, 0.4) is 0 Å². The lowest BCUT2D eigenvalue weighted by atomic mass is 10.3. The molecule has 0 aliphatic heterocycles. The van der Waals surface area contributed by atoms with Crippen molar-refractivity contribution in [3.8, 4) is 11.8 Å². The molecule has 2 aromatic rings. The van der Waals surface area contributed by atoms with Crippen LogP contribution in [0.4, 0.5) is 5.13 Å². The quantitative estimate of drug-likeness (QED) is 0.825. The number of thiazole rings is 1. The zero-order chi connectivity index (χ0) is 14.5. The summed E-state index contributed by atoms with van der Waals surface area (Å²) in [6.07, 6.45) is 2.40. The number of aryl methyl sites for hydroxylation is 2. The number of nitrogens with zero attached hydrogens (tertiary/aromatic N) is 3. The van der Waals surface area contributed by atoms with E-state index in [4.69, 9.17) is 5.73 Å². The van der Waals surface area contributed by atoms with Crippen LogP contribution in [0.1, 0.15) is 28.0 Å². The van der Waals surface area contributed by atoms with Gasteiger partial charge < -0.3 is 5.73 Å². The predicted octanol–water partition coefficient (Wildman–Crippen LogP) is 1.00. The highest BCUT2D eigenvalue weighted by atomic mass is 32.1. The van der Waals surface area contributed by atoms with Crippen molar-refractivity contribution in [2.45, 2.75) is 13.3 Å². The Morgan fingerprint density at radius 1 is 1.60 bits per heavy atom. The molecule has 0 unspecified atom stereocenters. The average molecular weight is 289 g/mol. The van der Waals surface area contributed by atoms with Crippen LogP contribution in [0.5, 0.6) is 0 Å². The Kier molecular flexibility index (Phi) is 4.50. The van der Waals surface area contributed by atoms with E-state index in [0.717, 1.165) is 17.0 Å². The van der Waals surface area contributed by atoms with Crippen LogP contribution in [0, 0.1) is 11.8 Å². The first kappa shape index (κ1) is 14.2. The number of nitrogens with one attached hydrogen (secondary N) is 1. The minimum absolute atomic E-state index is 0.229. The van der Waals surface area contributed by atoms with Gasteiger partial charge in [0.25, 0.3) is 5.91 Å². The summed E-state index contributed by atoms with van der Waals surface area (Å²) >= 11 is 1.31. The molecule has 0 aliphatic rings. The van der Waals surface area contributed by atoms with Crippen LogP contribution in [0.2, 0.25) is 0 Å². The molecule has 1 amide bonds. The number of rotatable bonds is 3. The molecule has 0 spiro atoms. The Morgan fingerprint density at radius 3 is 3.05 bits per heavy atom. The minimum Gasteiger partial charge on any atom is -0.320 e. The molecular weight excluding hydrogens is 274 g/mol. The van der Waals surface area contributed by atoms with E-state index in [1.54, 1.807) is 24.0 Å². The van der Waals surface area contributed by atoms with Gasteiger partial charge in [-0.3, -0.25) is 14.8 Å². The van der Waals surface area contributed by atoms with Gasteiger partial charge in [-0.2, -0.15) is 5.10 Å². The molecule has 0 atom stereocenters. The van der Waals surface area contributed by atoms with Gasteiger partial charge in [0.05, 0.1) is 23.3 Å². The first-order valence-corrected chi connectivity index (χ1v) is 6.94. The fourth-order valence-corrected chi connectivity index (χ4v) is 2.29. The van der Waals surface area contributed by atoms with E-state index in [0.29, 0.717) is 17.4 Å². The van der Waals surface area contributed by atoms with Gasteiger partial charge in [-0.05, 0) is 12.5 Å². The average Bonchev–Trinajstić information content (AvgIpc) is 3.02. The van der Waals surface area contributed by atoms with Crippen LogP contribution in [-0.2, 0) is 13.5 Å². The monoisotopic (exact) mass is 289 g/mol. The van der Waals surface area contributed by atoms with Crippen LogP contribution in [-0.4, -0.2) is 27.2 Å². The summed E-state index contributed by atoms with van der Waals surface area (Å²) in [5.74, 6) is 5.39. The second-order valence-electron chi connectivity index (χ2n) is 3.99. The van der Waals surface area contributed by atoms with Crippen molar-refractivity contribution in [3.05, 3.63) is 28.5 Å². The van der Waals surface area contributed by atoms with Crippen molar-refractivity contribution in [1.29, 1.82) is 0 Å². The van der Waals surface area contributed by atoms with Crippen molar-refractivity contribution in [2.24, 2.45) is 12.8 Å². The molecule has 7 heteroatoms. The molecule has 2 rings (SSSR count). The van der Waals surface area contributed by atoms with Gasteiger partial charge >= 0.3 is 0 Å². The molecule has 6 nitrogen and oxygen atoms in total. The molecule has 0 aliphatic carbocycles. The molecule has 0 fully saturated rings. The molecule has 2 aromatic heterocycles. The topological polar surface area (TPSA) is 85.8 Å². The number of nitrogens with two attached hydrogens (primary N) is 1. The third kappa shape index (κ3) is 3.23. The first-order valence-electron chi connectivity index (χ1n) is 6.13. The Balaban J connectivity index is 2.11. The van der Waals surface area contributed by atoms with Crippen LogP contribution >= 0.6 is 11.3 Å². The number of amides is 1. The largest absolute Gasteiger partial charge is 0.320 e. The van der Waals surface area contributed by atoms with Gasteiger partial charge in [0, 0.05) is 7.05 Å². The smallest absolute Gasteiger partial charge is 0.275 e. The van der Waals surface area contributed by atoms with E-state index in [1.165, 1.54) is 11.3 Å².